The second-order valence-electron chi connectivity index (χ2n) is 7.27. The minimum atomic E-state index is -0.599. The molecule has 4 rings (SSSR count). The summed E-state index contributed by atoms with van der Waals surface area (Å²) in [7, 11) is 0. The number of nitro benzene ring substituents is 1. The molecule has 4 aromatic rings. The fourth-order valence-corrected chi connectivity index (χ4v) is 4.64. The summed E-state index contributed by atoms with van der Waals surface area (Å²) in [6.07, 6.45) is 0. The first kappa shape index (κ1) is 21.9. The maximum Gasteiger partial charge on any atom is 0.288 e. The number of carbonyl (C=O) groups is 1. The number of nitrogens with zero attached hydrogens (tertiary/aromatic N) is 1. The maximum atomic E-state index is 12.4. The lowest BCUT2D eigenvalue weighted by molar-refractivity contribution is -0.384. The van der Waals surface area contributed by atoms with E-state index in [1.165, 1.54) is 23.8 Å². The van der Waals surface area contributed by atoms with Crippen molar-refractivity contribution in [3.63, 3.8) is 0 Å². The summed E-state index contributed by atoms with van der Waals surface area (Å²) in [5.74, 6) is 0.269. The molecule has 2 N–H and O–H groups in total. The van der Waals surface area contributed by atoms with Crippen LogP contribution in [0, 0.1) is 17.0 Å². The van der Waals surface area contributed by atoms with Crippen molar-refractivity contribution in [1.82, 2.24) is 10.3 Å². The van der Waals surface area contributed by atoms with Gasteiger partial charge < -0.3 is 10.3 Å². The van der Waals surface area contributed by atoms with Crippen molar-refractivity contribution in [1.29, 1.82) is 0 Å². The van der Waals surface area contributed by atoms with Crippen molar-refractivity contribution in [2.45, 2.75) is 11.8 Å². The highest BCUT2D eigenvalue weighted by Crippen LogP contribution is 2.37. The van der Waals surface area contributed by atoms with Crippen LogP contribution in [0.3, 0.4) is 0 Å². The Morgan fingerprint density at radius 2 is 1.88 bits per heavy atom. The van der Waals surface area contributed by atoms with Gasteiger partial charge in [-0.25, -0.2) is 0 Å². The van der Waals surface area contributed by atoms with Crippen molar-refractivity contribution < 1.29 is 9.72 Å². The second kappa shape index (κ2) is 9.46. The Morgan fingerprint density at radius 3 is 2.62 bits per heavy atom. The van der Waals surface area contributed by atoms with Crippen LogP contribution < -0.4 is 5.32 Å². The summed E-state index contributed by atoms with van der Waals surface area (Å²) >= 11 is 7.48. The van der Waals surface area contributed by atoms with E-state index in [1.54, 1.807) is 11.8 Å². The molecule has 0 spiro atoms. The molecule has 0 atom stereocenters. The lowest BCUT2D eigenvalue weighted by Gasteiger charge is -2.08. The van der Waals surface area contributed by atoms with Crippen LogP contribution in [0.15, 0.2) is 71.6 Å². The number of H-pyrrole nitrogens is 1. The van der Waals surface area contributed by atoms with E-state index in [0.29, 0.717) is 12.3 Å². The first-order valence-electron chi connectivity index (χ1n) is 9.96. The highest BCUT2D eigenvalue weighted by atomic mass is 35.5. The predicted molar refractivity (Wildman–Crippen MR) is 130 cm³/mol. The number of amides is 1. The molecule has 3 aromatic carbocycles. The van der Waals surface area contributed by atoms with E-state index in [9.17, 15) is 14.9 Å². The molecule has 32 heavy (non-hydrogen) atoms. The number of benzene rings is 3. The number of aryl methyl sites for hydroxylation is 1. The molecule has 1 aromatic heterocycles. The Labute approximate surface area is 194 Å². The Kier molecular flexibility index (Phi) is 6.48. The maximum absolute atomic E-state index is 12.4. The summed E-state index contributed by atoms with van der Waals surface area (Å²) in [5, 5.41) is 15.0. The van der Waals surface area contributed by atoms with Crippen molar-refractivity contribution >= 4 is 45.9 Å². The summed E-state index contributed by atoms with van der Waals surface area (Å²) in [6, 6.07) is 20.5. The minimum absolute atomic E-state index is 0.00470. The number of rotatable bonds is 7. The van der Waals surface area contributed by atoms with Gasteiger partial charge >= 0.3 is 0 Å². The predicted octanol–water partition coefficient (Wildman–Crippen LogP) is 6.23. The Hall–Kier alpha value is -3.29. The molecule has 0 aliphatic heterocycles. The van der Waals surface area contributed by atoms with Gasteiger partial charge in [0, 0.05) is 39.7 Å². The van der Waals surface area contributed by atoms with Crippen molar-refractivity contribution in [3.8, 4) is 11.3 Å². The molecule has 0 bridgehead atoms. The Bertz CT molecular complexity index is 1300. The third kappa shape index (κ3) is 4.64. The molecule has 8 heteroatoms. The van der Waals surface area contributed by atoms with E-state index in [1.807, 2.05) is 18.2 Å². The van der Waals surface area contributed by atoms with Gasteiger partial charge in [-0.3, -0.25) is 14.9 Å². The number of nitro groups is 1. The fourth-order valence-electron chi connectivity index (χ4n) is 3.40. The van der Waals surface area contributed by atoms with Gasteiger partial charge in [0.15, 0.2) is 0 Å². The Morgan fingerprint density at radius 1 is 1.12 bits per heavy atom. The minimum Gasteiger partial charge on any atom is -0.354 e. The topological polar surface area (TPSA) is 88.0 Å². The number of carbonyl (C=O) groups excluding carboxylic acids is 1. The molecular formula is C24H20ClN3O3S. The first-order chi connectivity index (χ1) is 15.4. The first-order valence-corrected chi connectivity index (χ1v) is 11.3. The largest absolute Gasteiger partial charge is 0.354 e. The molecule has 1 heterocycles. The van der Waals surface area contributed by atoms with Crippen molar-refractivity contribution in [2.75, 3.05) is 12.3 Å². The molecule has 162 valence electrons. The lowest BCUT2D eigenvalue weighted by atomic mass is 10.1. The van der Waals surface area contributed by atoms with Crippen LogP contribution in [-0.4, -0.2) is 28.1 Å². The second-order valence-corrected chi connectivity index (χ2v) is 8.78. The number of thioether (sulfide) groups is 1. The molecule has 0 unspecified atom stereocenters. The zero-order valence-electron chi connectivity index (χ0n) is 17.2. The molecule has 0 fully saturated rings. The Balaban J connectivity index is 1.47. The van der Waals surface area contributed by atoms with Crippen molar-refractivity contribution in [3.05, 3.63) is 93.0 Å². The number of nitrogens with one attached hydrogen (secondary N) is 2. The van der Waals surface area contributed by atoms with E-state index >= 15 is 0 Å². The van der Waals surface area contributed by atoms with E-state index in [2.05, 4.69) is 47.6 Å². The molecule has 0 saturated carbocycles. The number of hydrogen-bond acceptors (Lipinski definition) is 4. The summed E-state index contributed by atoms with van der Waals surface area (Å²) in [4.78, 5) is 27.5. The number of aromatic nitrogens is 1. The molecular weight excluding hydrogens is 446 g/mol. The average Bonchev–Trinajstić information content (AvgIpc) is 3.15. The average molecular weight is 466 g/mol. The number of aromatic amines is 1. The molecule has 0 aliphatic carbocycles. The standard InChI is InChI=1S/C24H20ClN3O3S/c1-15-6-8-16(9-7-15)22-23(18-4-2-3-5-20(18)27-22)32-13-12-26-24(29)17-10-11-19(25)21(14-17)28(30)31/h2-11,14,27H,12-13H2,1H3,(H,26,29). The SMILES string of the molecule is Cc1ccc(-c2[nH]c3ccccc3c2SCCNC(=O)c2ccc(Cl)c([N+](=O)[O-])c2)cc1. The van der Waals surface area contributed by atoms with Crippen LogP contribution in [0.1, 0.15) is 15.9 Å². The van der Waals surface area contributed by atoms with Gasteiger partial charge in [0.2, 0.25) is 0 Å². The lowest BCUT2D eigenvalue weighted by Crippen LogP contribution is -2.25. The molecule has 0 saturated heterocycles. The fraction of sp³-hybridized carbons (Fsp3) is 0.125. The van der Waals surface area contributed by atoms with Crippen LogP contribution in [0.2, 0.25) is 5.02 Å². The third-order valence-corrected chi connectivity index (χ3v) is 6.48. The van der Waals surface area contributed by atoms with Crippen LogP contribution in [0.25, 0.3) is 22.2 Å². The van der Waals surface area contributed by atoms with E-state index in [4.69, 9.17) is 11.6 Å². The smallest absolute Gasteiger partial charge is 0.288 e. The van der Waals surface area contributed by atoms with Gasteiger partial charge in [-0.15, -0.1) is 11.8 Å². The highest BCUT2D eigenvalue weighted by molar-refractivity contribution is 7.99. The quantitative estimate of drug-likeness (QED) is 0.146. The zero-order chi connectivity index (χ0) is 22.7. The number of fused-ring (bicyclic) bond motifs is 1. The third-order valence-electron chi connectivity index (χ3n) is 5.04. The molecule has 1 amide bonds. The molecule has 0 aliphatic rings. The van der Waals surface area contributed by atoms with Gasteiger partial charge in [-0.2, -0.15) is 0 Å². The van der Waals surface area contributed by atoms with Crippen LogP contribution in [0.4, 0.5) is 5.69 Å². The van der Waals surface area contributed by atoms with E-state index in [0.717, 1.165) is 27.1 Å². The summed E-state index contributed by atoms with van der Waals surface area (Å²) in [6.45, 7) is 2.47. The number of para-hydroxylation sites is 1. The van der Waals surface area contributed by atoms with Gasteiger partial charge in [0.25, 0.3) is 11.6 Å². The van der Waals surface area contributed by atoms with Crippen LogP contribution in [0.5, 0.6) is 0 Å². The summed E-state index contributed by atoms with van der Waals surface area (Å²) in [5.41, 5.74) is 4.34. The van der Waals surface area contributed by atoms with Gasteiger partial charge in [-0.1, -0.05) is 59.6 Å². The van der Waals surface area contributed by atoms with Crippen molar-refractivity contribution in [2.24, 2.45) is 0 Å². The summed E-state index contributed by atoms with van der Waals surface area (Å²) < 4.78 is 0. The zero-order valence-corrected chi connectivity index (χ0v) is 18.8. The monoisotopic (exact) mass is 465 g/mol. The normalized spacial score (nSPS) is 10.9. The van der Waals surface area contributed by atoms with Gasteiger partial charge in [0.05, 0.1) is 10.6 Å². The molecule has 0 radical (unpaired) electrons. The number of hydrogen-bond donors (Lipinski definition) is 2. The number of halogens is 1. The van der Waals surface area contributed by atoms with Crippen LogP contribution in [-0.2, 0) is 0 Å². The molecule has 6 nitrogen and oxygen atoms in total. The van der Waals surface area contributed by atoms with Gasteiger partial charge in [-0.05, 0) is 30.7 Å². The van der Waals surface area contributed by atoms with Crippen LogP contribution >= 0.6 is 23.4 Å². The highest BCUT2D eigenvalue weighted by Gasteiger charge is 2.17. The van der Waals surface area contributed by atoms with E-state index < -0.39 is 4.92 Å². The van der Waals surface area contributed by atoms with E-state index in [-0.39, 0.29) is 22.2 Å². The van der Waals surface area contributed by atoms with Gasteiger partial charge in [0.1, 0.15) is 5.02 Å².